The van der Waals surface area contributed by atoms with Crippen molar-refractivity contribution in [2.45, 2.75) is 12.0 Å². The van der Waals surface area contributed by atoms with E-state index in [0.29, 0.717) is 5.92 Å². The maximum atomic E-state index is 5.31. The maximum absolute atomic E-state index is 5.31. The first kappa shape index (κ1) is 28.6. The van der Waals surface area contributed by atoms with Crippen LogP contribution in [0.3, 0.4) is 0 Å². The third kappa shape index (κ3) is 4.62. The lowest BCUT2D eigenvalue weighted by Gasteiger charge is -2.28. The van der Waals surface area contributed by atoms with Gasteiger partial charge in [-0.05, 0) is 82.4 Å². The lowest BCUT2D eigenvalue weighted by atomic mass is 9.89. The molecule has 236 valence electrons. The van der Waals surface area contributed by atoms with E-state index in [1.807, 2.05) is 0 Å². The summed E-state index contributed by atoms with van der Waals surface area (Å²) in [5.41, 5.74) is 13.0. The van der Waals surface area contributed by atoms with E-state index in [9.17, 15) is 0 Å². The van der Waals surface area contributed by atoms with Crippen molar-refractivity contribution in [3.63, 3.8) is 0 Å². The predicted molar refractivity (Wildman–Crippen MR) is 208 cm³/mol. The zero-order chi connectivity index (χ0) is 33.0. The van der Waals surface area contributed by atoms with Crippen LogP contribution in [0.4, 0.5) is 11.4 Å². The summed E-state index contributed by atoms with van der Waals surface area (Å²) in [7, 11) is 0. The highest BCUT2D eigenvalue weighted by molar-refractivity contribution is 6.10. The molecule has 2 unspecified atom stereocenters. The van der Waals surface area contributed by atoms with Crippen molar-refractivity contribution in [2.75, 3.05) is 4.90 Å². The molecule has 0 amide bonds. The minimum Gasteiger partial charge on any atom is -0.333 e. The predicted octanol–water partition coefficient (Wildman–Crippen LogP) is 11.9. The molecular weight excluding hydrogens is 607 g/mol. The van der Waals surface area contributed by atoms with E-state index in [4.69, 9.17) is 4.98 Å². The molecule has 0 fully saturated rings. The summed E-state index contributed by atoms with van der Waals surface area (Å²) < 4.78 is 2.33. The molecule has 0 spiro atoms. The number of anilines is 2. The van der Waals surface area contributed by atoms with Crippen molar-refractivity contribution < 1.29 is 0 Å². The van der Waals surface area contributed by atoms with Gasteiger partial charge in [0.15, 0.2) is 0 Å². The number of para-hydroxylation sites is 2. The van der Waals surface area contributed by atoms with E-state index in [0.717, 1.165) is 33.7 Å². The van der Waals surface area contributed by atoms with E-state index in [1.54, 1.807) is 0 Å². The quantitative estimate of drug-likeness (QED) is 0.187. The molecule has 0 radical (unpaired) electrons. The summed E-state index contributed by atoms with van der Waals surface area (Å²) in [6.07, 6.45) is 9.06. The monoisotopic (exact) mass is 639 g/mol. The van der Waals surface area contributed by atoms with Crippen molar-refractivity contribution in [1.29, 1.82) is 0 Å². The molecule has 0 N–H and O–H groups in total. The van der Waals surface area contributed by atoms with Crippen LogP contribution < -0.4 is 4.90 Å². The third-order valence-corrected chi connectivity index (χ3v) is 10.3. The van der Waals surface area contributed by atoms with Crippen LogP contribution in [0.25, 0.3) is 61.1 Å². The highest BCUT2D eigenvalue weighted by Crippen LogP contribution is 2.49. The fourth-order valence-electron chi connectivity index (χ4n) is 7.99. The highest BCUT2D eigenvalue weighted by atomic mass is 15.2. The molecule has 2 aromatic heterocycles. The largest absolute Gasteiger partial charge is 0.333 e. The Labute approximate surface area is 291 Å². The van der Waals surface area contributed by atoms with Crippen molar-refractivity contribution in [3.8, 4) is 39.3 Å². The summed E-state index contributed by atoms with van der Waals surface area (Å²) in [5, 5.41) is 2.44. The van der Waals surface area contributed by atoms with Crippen LogP contribution in [-0.4, -0.2) is 15.6 Å². The molecule has 3 heterocycles. The summed E-state index contributed by atoms with van der Waals surface area (Å²) in [4.78, 5) is 7.80. The fraction of sp³-hybridized carbons (Fsp3) is 0.0426. The number of rotatable bonds is 5. The molecular formula is C47H33N3. The van der Waals surface area contributed by atoms with Gasteiger partial charge in [0.2, 0.25) is 0 Å². The Balaban J connectivity index is 1.13. The van der Waals surface area contributed by atoms with Crippen LogP contribution in [0.1, 0.15) is 11.5 Å². The maximum Gasteiger partial charge on any atom is 0.138 e. The molecule has 2 aliphatic rings. The standard InChI is InChI=1S/C47H33N3/c1-4-14-32(15-5-1)36-30-42(33-16-6-2-7-17-33)48-47(31-36)50-44-23-13-11-21-39(44)41-29-35(25-27-46(41)50)34-24-26-45-40(28-34)38-20-10-12-22-43(38)49(45)37-18-8-3-9-19-37/h1-31,38,43H. The van der Waals surface area contributed by atoms with Crippen molar-refractivity contribution in [2.24, 2.45) is 0 Å². The van der Waals surface area contributed by atoms with Crippen LogP contribution in [-0.2, 0) is 0 Å². The zero-order valence-corrected chi connectivity index (χ0v) is 27.4. The van der Waals surface area contributed by atoms with Gasteiger partial charge in [0.05, 0.1) is 22.8 Å². The zero-order valence-electron chi connectivity index (χ0n) is 27.4. The van der Waals surface area contributed by atoms with Crippen LogP contribution in [0.15, 0.2) is 188 Å². The number of fused-ring (bicyclic) bond motifs is 6. The fourth-order valence-corrected chi connectivity index (χ4v) is 7.99. The number of nitrogens with zero attached hydrogens (tertiary/aromatic N) is 3. The first-order valence-corrected chi connectivity index (χ1v) is 17.3. The molecule has 2 atom stereocenters. The van der Waals surface area contributed by atoms with Crippen molar-refractivity contribution in [3.05, 3.63) is 194 Å². The number of hydrogen-bond donors (Lipinski definition) is 0. The topological polar surface area (TPSA) is 21.1 Å². The minimum atomic E-state index is 0.271. The molecule has 1 aliphatic carbocycles. The van der Waals surface area contributed by atoms with E-state index in [-0.39, 0.29) is 6.04 Å². The van der Waals surface area contributed by atoms with Crippen molar-refractivity contribution >= 4 is 33.2 Å². The van der Waals surface area contributed by atoms with Crippen LogP contribution in [0.5, 0.6) is 0 Å². The van der Waals surface area contributed by atoms with Gasteiger partial charge in [0.25, 0.3) is 0 Å². The second-order valence-electron chi connectivity index (χ2n) is 13.2. The molecule has 8 aromatic rings. The highest BCUT2D eigenvalue weighted by Gasteiger charge is 2.37. The molecule has 0 bridgehead atoms. The molecule has 6 aromatic carbocycles. The third-order valence-electron chi connectivity index (χ3n) is 10.3. The van der Waals surface area contributed by atoms with Gasteiger partial charge in [-0.25, -0.2) is 4.98 Å². The van der Waals surface area contributed by atoms with Crippen LogP contribution in [0.2, 0.25) is 0 Å². The summed E-state index contributed by atoms with van der Waals surface area (Å²) >= 11 is 0. The first-order chi connectivity index (χ1) is 24.8. The number of hydrogen-bond acceptors (Lipinski definition) is 2. The summed E-state index contributed by atoms with van der Waals surface area (Å²) in [5.74, 6) is 1.22. The molecule has 50 heavy (non-hydrogen) atoms. The van der Waals surface area contributed by atoms with Gasteiger partial charge in [-0.1, -0.05) is 133 Å². The second kappa shape index (κ2) is 11.6. The number of benzene rings is 6. The second-order valence-corrected chi connectivity index (χ2v) is 13.2. The summed E-state index contributed by atoms with van der Waals surface area (Å²) in [6.45, 7) is 0. The van der Waals surface area contributed by atoms with E-state index >= 15 is 0 Å². The Morgan fingerprint density at radius 3 is 1.94 bits per heavy atom. The van der Waals surface area contributed by atoms with Gasteiger partial charge < -0.3 is 4.90 Å². The number of allylic oxidation sites excluding steroid dienone is 2. The molecule has 3 nitrogen and oxygen atoms in total. The molecule has 3 heteroatoms. The molecule has 1 aliphatic heterocycles. The average Bonchev–Trinajstić information content (AvgIpc) is 3.71. The Morgan fingerprint density at radius 1 is 0.460 bits per heavy atom. The lowest BCUT2D eigenvalue weighted by molar-refractivity contribution is 0.745. The molecule has 0 saturated carbocycles. The van der Waals surface area contributed by atoms with Gasteiger partial charge in [-0.3, -0.25) is 4.57 Å². The van der Waals surface area contributed by atoms with Gasteiger partial charge in [0.1, 0.15) is 5.82 Å². The number of pyridine rings is 1. The Bertz CT molecular complexity index is 2540. The SMILES string of the molecule is C1=CC2c3cc(-c4ccc5c(c4)c4ccccc4n5-c4cc(-c5ccccc5)cc(-c5ccccc5)n4)ccc3N(c3ccccc3)C2C=C1. The average molecular weight is 640 g/mol. The summed E-state index contributed by atoms with van der Waals surface area (Å²) in [6, 6.07) is 59.2. The van der Waals surface area contributed by atoms with E-state index in [1.165, 1.54) is 44.4 Å². The minimum absolute atomic E-state index is 0.271. The lowest BCUT2D eigenvalue weighted by Crippen LogP contribution is -2.28. The van der Waals surface area contributed by atoms with Gasteiger partial charge >= 0.3 is 0 Å². The van der Waals surface area contributed by atoms with Crippen LogP contribution >= 0.6 is 0 Å². The number of aromatic nitrogens is 2. The molecule has 0 saturated heterocycles. The van der Waals surface area contributed by atoms with E-state index < -0.39 is 0 Å². The molecule has 10 rings (SSSR count). The Kier molecular flexibility index (Phi) is 6.63. The van der Waals surface area contributed by atoms with Crippen LogP contribution in [0, 0.1) is 0 Å². The normalized spacial score (nSPS) is 16.2. The van der Waals surface area contributed by atoms with Crippen molar-refractivity contribution in [1.82, 2.24) is 9.55 Å². The Hall–Kier alpha value is -6.45. The van der Waals surface area contributed by atoms with Gasteiger partial charge in [-0.15, -0.1) is 0 Å². The van der Waals surface area contributed by atoms with Gasteiger partial charge in [-0.2, -0.15) is 0 Å². The van der Waals surface area contributed by atoms with Gasteiger partial charge in [0, 0.05) is 33.6 Å². The van der Waals surface area contributed by atoms with E-state index in [2.05, 4.69) is 198 Å². The smallest absolute Gasteiger partial charge is 0.138 e. The Morgan fingerprint density at radius 2 is 1.12 bits per heavy atom. The first-order valence-electron chi connectivity index (χ1n) is 17.3.